The van der Waals surface area contributed by atoms with Gasteiger partial charge in [0.1, 0.15) is 12.4 Å². The maximum atomic E-state index is 11.9. The maximum Gasteiger partial charge on any atom is 0.335 e. The maximum absolute atomic E-state index is 11.9. The number of carboxylic acids is 1. The predicted molar refractivity (Wildman–Crippen MR) is 70.5 cm³/mol. The van der Waals surface area contributed by atoms with Crippen molar-refractivity contribution in [3.63, 3.8) is 0 Å². The third-order valence-electron chi connectivity index (χ3n) is 3.35. The second kappa shape index (κ2) is 5.92. The summed E-state index contributed by atoms with van der Waals surface area (Å²) in [7, 11) is 1.54. The summed E-state index contributed by atoms with van der Waals surface area (Å²) in [6.07, 6.45) is -1.07. The lowest BCUT2D eigenvalue weighted by Gasteiger charge is -2.39. The van der Waals surface area contributed by atoms with Crippen molar-refractivity contribution < 1.29 is 24.2 Å². The summed E-state index contributed by atoms with van der Waals surface area (Å²) in [5, 5.41) is 9.30. The standard InChI is InChI=1S/C14H17NO5/c1-3-15-11(16)8-20-13(14(17)18)12(15)9-5-4-6-10(7-9)19-2/h4-7,12-13H,3,8H2,1-2H3,(H,17,18). The zero-order valence-electron chi connectivity index (χ0n) is 11.4. The number of nitrogens with zero attached hydrogens (tertiary/aromatic N) is 1. The number of carbonyl (C=O) groups is 2. The monoisotopic (exact) mass is 279 g/mol. The Balaban J connectivity index is 2.43. The average Bonchev–Trinajstić information content (AvgIpc) is 2.46. The van der Waals surface area contributed by atoms with E-state index < -0.39 is 18.1 Å². The fraction of sp³-hybridized carbons (Fsp3) is 0.429. The van der Waals surface area contributed by atoms with Crippen LogP contribution in [0.5, 0.6) is 5.75 Å². The van der Waals surface area contributed by atoms with E-state index in [4.69, 9.17) is 9.47 Å². The van der Waals surface area contributed by atoms with Crippen molar-refractivity contribution >= 4 is 11.9 Å². The third kappa shape index (κ3) is 2.60. The molecule has 108 valence electrons. The van der Waals surface area contributed by atoms with Gasteiger partial charge in [0, 0.05) is 6.54 Å². The Morgan fingerprint density at radius 3 is 2.90 bits per heavy atom. The first-order chi connectivity index (χ1) is 9.58. The lowest BCUT2D eigenvalue weighted by atomic mass is 9.97. The molecule has 6 nitrogen and oxygen atoms in total. The van der Waals surface area contributed by atoms with Crippen LogP contribution in [0.15, 0.2) is 24.3 Å². The number of hydrogen-bond acceptors (Lipinski definition) is 4. The fourth-order valence-electron chi connectivity index (χ4n) is 2.41. The molecule has 6 heteroatoms. The van der Waals surface area contributed by atoms with Gasteiger partial charge in [-0.1, -0.05) is 12.1 Å². The van der Waals surface area contributed by atoms with Crippen molar-refractivity contribution in [2.75, 3.05) is 20.3 Å². The molecular formula is C14H17NO5. The van der Waals surface area contributed by atoms with Gasteiger partial charge in [0.15, 0.2) is 6.10 Å². The Hall–Kier alpha value is -2.08. The minimum atomic E-state index is -1.08. The van der Waals surface area contributed by atoms with Crippen LogP contribution in [0.1, 0.15) is 18.5 Å². The van der Waals surface area contributed by atoms with Crippen LogP contribution in [-0.4, -0.2) is 48.2 Å². The fourth-order valence-corrected chi connectivity index (χ4v) is 2.41. The first kappa shape index (κ1) is 14.3. The number of aliphatic carboxylic acids is 1. The number of methoxy groups -OCH3 is 1. The van der Waals surface area contributed by atoms with Crippen molar-refractivity contribution in [2.24, 2.45) is 0 Å². The number of carboxylic acid groups (broad SMARTS) is 1. The average molecular weight is 279 g/mol. The van der Waals surface area contributed by atoms with E-state index in [1.54, 1.807) is 24.3 Å². The molecule has 1 heterocycles. The smallest absolute Gasteiger partial charge is 0.335 e. The molecule has 1 amide bonds. The first-order valence-electron chi connectivity index (χ1n) is 6.36. The molecular weight excluding hydrogens is 262 g/mol. The number of benzene rings is 1. The van der Waals surface area contributed by atoms with E-state index in [1.165, 1.54) is 12.0 Å². The molecule has 0 radical (unpaired) electrons. The Bertz CT molecular complexity index is 514. The zero-order chi connectivity index (χ0) is 14.7. The molecule has 2 unspecified atom stereocenters. The summed E-state index contributed by atoms with van der Waals surface area (Å²) in [6, 6.07) is 6.38. The Morgan fingerprint density at radius 1 is 1.55 bits per heavy atom. The molecule has 1 aliphatic heterocycles. The molecule has 0 bridgehead atoms. The molecule has 0 aromatic heterocycles. The van der Waals surface area contributed by atoms with E-state index in [9.17, 15) is 14.7 Å². The van der Waals surface area contributed by atoms with Gasteiger partial charge in [-0.15, -0.1) is 0 Å². The third-order valence-corrected chi connectivity index (χ3v) is 3.35. The minimum absolute atomic E-state index is 0.203. The predicted octanol–water partition coefficient (Wildman–Crippen LogP) is 1.07. The molecule has 1 aliphatic rings. The molecule has 1 aromatic carbocycles. The van der Waals surface area contributed by atoms with Crippen LogP contribution in [-0.2, 0) is 14.3 Å². The highest BCUT2D eigenvalue weighted by molar-refractivity contribution is 5.83. The van der Waals surface area contributed by atoms with Gasteiger partial charge in [-0.3, -0.25) is 4.79 Å². The molecule has 2 atom stereocenters. The molecule has 0 aliphatic carbocycles. The highest BCUT2D eigenvalue weighted by atomic mass is 16.5. The number of likely N-dealkylation sites (N-methyl/N-ethyl adjacent to an activating group) is 1. The number of ether oxygens (including phenoxy) is 2. The summed E-state index contributed by atoms with van der Waals surface area (Å²) in [5.74, 6) is -0.678. The van der Waals surface area contributed by atoms with Crippen molar-refractivity contribution in [3.8, 4) is 5.75 Å². The van der Waals surface area contributed by atoms with Crippen molar-refractivity contribution in [1.29, 1.82) is 0 Å². The zero-order valence-corrected chi connectivity index (χ0v) is 11.4. The van der Waals surface area contributed by atoms with E-state index >= 15 is 0 Å². The van der Waals surface area contributed by atoms with Gasteiger partial charge in [-0.05, 0) is 24.6 Å². The molecule has 1 fully saturated rings. The Labute approximate surface area is 116 Å². The second-order valence-corrected chi connectivity index (χ2v) is 4.47. The van der Waals surface area contributed by atoms with Crippen LogP contribution in [0.3, 0.4) is 0 Å². The molecule has 2 rings (SSSR count). The van der Waals surface area contributed by atoms with E-state index in [-0.39, 0.29) is 12.5 Å². The normalized spacial score (nSPS) is 22.7. The van der Waals surface area contributed by atoms with Crippen LogP contribution in [0.25, 0.3) is 0 Å². The molecule has 1 aromatic rings. The number of amides is 1. The van der Waals surface area contributed by atoms with Crippen molar-refractivity contribution in [2.45, 2.75) is 19.1 Å². The second-order valence-electron chi connectivity index (χ2n) is 4.47. The van der Waals surface area contributed by atoms with E-state index in [1.807, 2.05) is 6.92 Å². The highest BCUT2D eigenvalue weighted by Gasteiger charge is 2.41. The summed E-state index contributed by atoms with van der Waals surface area (Å²) < 4.78 is 10.3. The number of hydrogen-bond donors (Lipinski definition) is 1. The summed E-state index contributed by atoms with van der Waals surface area (Å²) in [6.45, 7) is 2.04. The summed E-state index contributed by atoms with van der Waals surface area (Å²) in [4.78, 5) is 24.8. The molecule has 1 N–H and O–H groups in total. The Morgan fingerprint density at radius 2 is 2.30 bits per heavy atom. The van der Waals surface area contributed by atoms with Gasteiger partial charge >= 0.3 is 5.97 Å². The Kier molecular flexibility index (Phi) is 4.24. The number of carbonyl (C=O) groups excluding carboxylic acids is 1. The van der Waals surface area contributed by atoms with Crippen molar-refractivity contribution in [1.82, 2.24) is 4.90 Å². The van der Waals surface area contributed by atoms with Gasteiger partial charge in [0.25, 0.3) is 0 Å². The first-order valence-corrected chi connectivity index (χ1v) is 6.36. The number of rotatable bonds is 4. The molecule has 0 spiro atoms. The summed E-state index contributed by atoms with van der Waals surface area (Å²) >= 11 is 0. The molecule has 20 heavy (non-hydrogen) atoms. The van der Waals surface area contributed by atoms with Crippen LogP contribution in [0, 0.1) is 0 Å². The molecule has 1 saturated heterocycles. The lowest BCUT2D eigenvalue weighted by molar-refractivity contribution is -0.172. The summed E-state index contributed by atoms with van der Waals surface area (Å²) in [5.41, 5.74) is 0.687. The minimum Gasteiger partial charge on any atom is -0.497 e. The SMILES string of the molecule is CCN1C(=O)COC(C(=O)O)C1c1cccc(OC)c1. The van der Waals surface area contributed by atoms with Gasteiger partial charge in [-0.25, -0.2) is 4.79 Å². The van der Waals surface area contributed by atoms with Crippen LogP contribution >= 0.6 is 0 Å². The topological polar surface area (TPSA) is 76.1 Å². The van der Waals surface area contributed by atoms with Crippen LogP contribution < -0.4 is 4.74 Å². The van der Waals surface area contributed by atoms with Gasteiger partial charge in [0.2, 0.25) is 5.91 Å². The van der Waals surface area contributed by atoms with E-state index in [0.717, 1.165) is 0 Å². The van der Waals surface area contributed by atoms with Gasteiger partial charge in [-0.2, -0.15) is 0 Å². The van der Waals surface area contributed by atoms with Gasteiger partial charge < -0.3 is 19.5 Å². The molecule has 0 saturated carbocycles. The van der Waals surface area contributed by atoms with E-state index in [0.29, 0.717) is 17.9 Å². The highest BCUT2D eigenvalue weighted by Crippen LogP contribution is 2.31. The lowest BCUT2D eigenvalue weighted by Crippen LogP contribution is -2.51. The van der Waals surface area contributed by atoms with E-state index in [2.05, 4.69) is 0 Å². The van der Waals surface area contributed by atoms with Crippen molar-refractivity contribution in [3.05, 3.63) is 29.8 Å². The largest absolute Gasteiger partial charge is 0.497 e. The quantitative estimate of drug-likeness (QED) is 0.892. The van der Waals surface area contributed by atoms with Crippen LogP contribution in [0.2, 0.25) is 0 Å². The van der Waals surface area contributed by atoms with Crippen LogP contribution in [0.4, 0.5) is 0 Å². The van der Waals surface area contributed by atoms with Gasteiger partial charge in [0.05, 0.1) is 13.2 Å². The number of morpholine rings is 1.